The van der Waals surface area contributed by atoms with Crippen LogP contribution < -0.4 is 19.7 Å². The molecular weight excluding hydrogens is 585 g/mol. The van der Waals surface area contributed by atoms with Gasteiger partial charge in [0.1, 0.15) is 29.7 Å². The van der Waals surface area contributed by atoms with Crippen molar-refractivity contribution in [3.8, 4) is 17.4 Å². The van der Waals surface area contributed by atoms with Crippen LogP contribution in [-0.2, 0) is 19.5 Å². The SMILES string of the molecule is CC(C)N(C)Cc1ccccc1.O=Cc1cc(F)ccc1Oc1nncnc1N1CC2(CC(Oc3ccnc4c3CNCC4)C2)C1. The number of halogens is 1. The number of carbonyl (C=O) groups excluding carboxylic acids is 1. The topological polar surface area (TPSA) is 106 Å². The van der Waals surface area contributed by atoms with Gasteiger partial charge in [-0.05, 0) is 63.6 Å². The van der Waals surface area contributed by atoms with Gasteiger partial charge in [-0.25, -0.2) is 9.37 Å². The molecule has 10 nitrogen and oxygen atoms in total. The molecule has 1 saturated carbocycles. The molecule has 0 amide bonds. The Balaban J connectivity index is 0.000000262. The number of anilines is 1. The molecular formula is C35H40FN7O3. The Hall–Kier alpha value is -4.48. The van der Waals surface area contributed by atoms with Crippen LogP contribution in [0.5, 0.6) is 17.4 Å². The number of fused-ring (bicyclic) bond motifs is 1. The Labute approximate surface area is 269 Å². The number of pyridine rings is 1. The van der Waals surface area contributed by atoms with Crippen LogP contribution in [0.25, 0.3) is 0 Å². The number of hydrogen-bond donors (Lipinski definition) is 1. The summed E-state index contributed by atoms with van der Waals surface area (Å²) in [5.41, 5.74) is 3.97. The number of rotatable bonds is 9. The van der Waals surface area contributed by atoms with Gasteiger partial charge in [-0.2, -0.15) is 0 Å². The zero-order valence-corrected chi connectivity index (χ0v) is 26.5. The fraction of sp³-hybridized carbons (Fsp3) is 0.400. The Morgan fingerprint density at radius 3 is 2.67 bits per heavy atom. The van der Waals surface area contributed by atoms with Gasteiger partial charge >= 0.3 is 0 Å². The summed E-state index contributed by atoms with van der Waals surface area (Å²) in [5.74, 6) is 1.38. The number of aromatic nitrogens is 4. The van der Waals surface area contributed by atoms with Crippen LogP contribution in [0.1, 0.15) is 53.9 Å². The Morgan fingerprint density at radius 2 is 1.91 bits per heavy atom. The predicted octanol–water partition coefficient (Wildman–Crippen LogP) is 5.23. The molecule has 0 atom stereocenters. The smallest absolute Gasteiger partial charge is 0.282 e. The zero-order chi connectivity index (χ0) is 32.1. The quantitative estimate of drug-likeness (QED) is 0.249. The summed E-state index contributed by atoms with van der Waals surface area (Å²) in [6.07, 6.45) is 6.80. The number of nitrogens with zero attached hydrogens (tertiary/aromatic N) is 6. The fourth-order valence-corrected chi connectivity index (χ4v) is 6.20. The van der Waals surface area contributed by atoms with Gasteiger partial charge in [0.15, 0.2) is 12.1 Å². The van der Waals surface area contributed by atoms with Gasteiger partial charge in [0.05, 0.1) is 5.56 Å². The van der Waals surface area contributed by atoms with Crippen molar-refractivity contribution in [3.05, 3.63) is 95.3 Å². The molecule has 1 aliphatic carbocycles. The Kier molecular flexibility index (Phi) is 9.51. The molecule has 2 aliphatic heterocycles. The molecule has 2 aromatic carbocycles. The third-order valence-corrected chi connectivity index (χ3v) is 8.94. The van der Waals surface area contributed by atoms with Crippen LogP contribution in [0.3, 0.4) is 0 Å². The van der Waals surface area contributed by atoms with Gasteiger partial charge in [-0.3, -0.25) is 14.7 Å². The second-order valence-corrected chi connectivity index (χ2v) is 12.7. The van der Waals surface area contributed by atoms with Gasteiger partial charge < -0.3 is 19.7 Å². The number of benzene rings is 2. The first kappa shape index (κ1) is 31.5. The van der Waals surface area contributed by atoms with E-state index in [0.717, 1.165) is 69.5 Å². The zero-order valence-electron chi connectivity index (χ0n) is 26.5. The van der Waals surface area contributed by atoms with Gasteiger partial charge in [-0.1, -0.05) is 30.3 Å². The van der Waals surface area contributed by atoms with Crippen molar-refractivity contribution in [3.63, 3.8) is 0 Å². The molecule has 4 aromatic rings. The van der Waals surface area contributed by atoms with E-state index < -0.39 is 5.82 Å². The lowest BCUT2D eigenvalue weighted by Crippen LogP contribution is -2.65. The predicted molar refractivity (Wildman–Crippen MR) is 173 cm³/mol. The summed E-state index contributed by atoms with van der Waals surface area (Å²) in [7, 11) is 2.15. The molecule has 46 heavy (non-hydrogen) atoms. The van der Waals surface area contributed by atoms with E-state index in [4.69, 9.17) is 9.47 Å². The highest BCUT2D eigenvalue weighted by atomic mass is 19.1. The molecule has 3 aliphatic rings. The first-order valence-corrected chi connectivity index (χ1v) is 15.8. The molecule has 240 valence electrons. The second kappa shape index (κ2) is 13.9. The number of ether oxygens (including phenoxy) is 2. The second-order valence-electron chi connectivity index (χ2n) is 12.7. The molecule has 1 saturated heterocycles. The lowest BCUT2D eigenvalue weighted by atomic mass is 9.61. The minimum absolute atomic E-state index is 0.101. The summed E-state index contributed by atoms with van der Waals surface area (Å²) in [4.78, 5) is 24.6. The van der Waals surface area contributed by atoms with Crippen LogP contribution in [0, 0.1) is 11.2 Å². The summed E-state index contributed by atoms with van der Waals surface area (Å²) < 4.78 is 25.6. The number of hydrogen-bond acceptors (Lipinski definition) is 10. The normalized spacial score (nSPS) is 16.6. The van der Waals surface area contributed by atoms with Crippen molar-refractivity contribution in [2.75, 3.05) is 31.6 Å². The van der Waals surface area contributed by atoms with Gasteiger partial charge in [0.2, 0.25) is 0 Å². The van der Waals surface area contributed by atoms with E-state index >= 15 is 0 Å². The molecule has 0 radical (unpaired) electrons. The minimum atomic E-state index is -0.512. The van der Waals surface area contributed by atoms with Crippen molar-refractivity contribution in [1.29, 1.82) is 0 Å². The van der Waals surface area contributed by atoms with Crippen molar-refractivity contribution < 1.29 is 18.7 Å². The maximum atomic E-state index is 13.4. The van der Waals surface area contributed by atoms with Crippen LogP contribution in [0.15, 0.2) is 67.1 Å². The van der Waals surface area contributed by atoms with Crippen LogP contribution >= 0.6 is 0 Å². The van der Waals surface area contributed by atoms with E-state index in [0.29, 0.717) is 18.1 Å². The molecule has 0 unspecified atom stereocenters. The lowest BCUT2D eigenvalue weighted by Gasteiger charge is -2.58. The van der Waals surface area contributed by atoms with Gasteiger partial charge in [0.25, 0.3) is 5.88 Å². The Morgan fingerprint density at radius 1 is 1.11 bits per heavy atom. The number of aldehydes is 1. The highest BCUT2D eigenvalue weighted by Gasteiger charge is 2.54. The average Bonchev–Trinajstić information content (AvgIpc) is 3.03. The van der Waals surface area contributed by atoms with Crippen molar-refractivity contribution >= 4 is 12.1 Å². The van der Waals surface area contributed by atoms with E-state index in [1.807, 2.05) is 12.3 Å². The van der Waals surface area contributed by atoms with Crippen LogP contribution in [-0.4, -0.2) is 70.2 Å². The standard InChI is InChI=1S/C24H23FN6O3.C11H17N/c25-16-1-2-20(15(7-16)11-32)34-23-22(28-14-29-30-23)31-12-24(13-31)8-17(9-24)33-21-4-6-27-19-3-5-26-10-18(19)21;1-10(2)12(3)9-11-7-5-4-6-8-11/h1-2,4,6-7,11,14,17,26H,3,5,8-10,12-13H2;4-8,10H,9H2,1-3H3. The monoisotopic (exact) mass is 625 g/mol. The van der Waals surface area contributed by atoms with E-state index in [9.17, 15) is 9.18 Å². The van der Waals surface area contributed by atoms with E-state index in [1.165, 1.54) is 29.6 Å². The first-order chi connectivity index (χ1) is 22.3. The molecule has 2 aromatic heterocycles. The number of carbonyl (C=O) groups is 1. The molecule has 7 rings (SSSR count). The average molecular weight is 626 g/mol. The fourth-order valence-electron chi connectivity index (χ4n) is 6.20. The minimum Gasteiger partial charge on any atom is -0.490 e. The molecule has 11 heteroatoms. The summed E-state index contributed by atoms with van der Waals surface area (Å²) in [6, 6.07) is 16.9. The van der Waals surface area contributed by atoms with Crippen molar-refractivity contribution in [2.45, 2.75) is 58.3 Å². The molecule has 1 N–H and O–H groups in total. The summed E-state index contributed by atoms with van der Waals surface area (Å²) >= 11 is 0. The lowest BCUT2D eigenvalue weighted by molar-refractivity contribution is -0.0350. The van der Waals surface area contributed by atoms with E-state index in [2.05, 4.69) is 86.5 Å². The van der Waals surface area contributed by atoms with Crippen molar-refractivity contribution in [1.82, 2.24) is 30.4 Å². The van der Waals surface area contributed by atoms with Crippen LogP contribution in [0.2, 0.25) is 0 Å². The maximum absolute atomic E-state index is 13.4. The summed E-state index contributed by atoms with van der Waals surface area (Å²) in [6.45, 7) is 8.83. The third kappa shape index (κ3) is 7.16. The van der Waals surface area contributed by atoms with Crippen molar-refractivity contribution in [2.24, 2.45) is 5.41 Å². The third-order valence-electron chi connectivity index (χ3n) is 8.94. The highest BCUT2D eigenvalue weighted by molar-refractivity contribution is 5.79. The van der Waals surface area contributed by atoms with E-state index in [1.54, 1.807) is 0 Å². The summed E-state index contributed by atoms with van der Waals surface area (Å²) in [5, 5.41) is 11.3. The van der Waals surface area contributed by atoms with Crippen LogP contribution in [0.4, 0.5) is 10.2 Å². The Bertz CT molecular complexity index is 1640. The number of nitrogens with one attached hydrogen (secondary N) is 1. The molecule has 1 spiro atoms. The molecule has 0 bridgehead atoms. The maximum Gasteiger partial charge on any atom is 0.282 e. The largest absolute Gasteiger partial charge is 0.490 e. The highest BCUT2D eigenvalue weighted by Crippen LogP contribution is 2.51. The molecule has 4 heterocycles. The molecule has 2 fully saturated rings. The van der Waals surface area contributed by atoms with Gasteiger partial charge in [0, 0.05) is 68.1 Å². The van der Waals surface area contributed by atoms with E-state index in [-0.39, 0.29) is 28.7 Å². The first-order valence-electron chi connectivity index (χ1n) is 15.8. The van der Waals surface area contributed by atoms with Gasteiger partial charge in [-0.15, -0.1) is 10.2 Å².